The fourth-order valence-electron chi connectivity index (χ4n) is 4.05. The average molecular weight is 470 g/mol. The van der Waals surface area contributed by atoms with E-state index < -0.39 is 0 Å². The van der Waals surface area contributed by atoms with Gasteiger partial charge in [0.1, 0.15) is 18.1 Å². The second kappa shape index (κ2) is 12.6. The number of aromatic nitrogens is 1. The number of carbonyl (C=O) groups is 1. The largest absolute Gasteiger partial charge is 0.497 e. The Kier molecular flexibility index (Phi) is 9.53. The molecule has 0 saturated carbocycles. The number of hydrogen-bond donors (Lipinski definition) is 1. The highest BCUT2D eigenvalue weighted by Crippen LogP contribution is 2.32. The Labute approximate surface area is 203 Å². The Bertz CT molecular complexity index is 934. The van der Waals surface area contributed by atoms with Gasteiger partial charge in [0, 0.05) is 50.6 Å². The summed E-state index contributed by atoms with van der Waals surface area (Å²) >= 11 is 0. The molecule has 1 aromatic heterocycles. The molecule has 3 rings (SSSR count). The van der Waals surface area contributed by atoms with Crippen molar-refractivity contribution >= 4 is 11.6 Å². The molecule has 34 heavy (non-hydrogen) atoms. The lowest BCUT2D eigenvalue weighted by molar-refractivity contribution is -0.130. The van der Waals surface area contributed by atoms with E-state index in [0.717, 1.165) is 54.6 Å². The maximum absolute atomic E-state index is 13.2. The third-order valence-electron chi connectivity index (χ3n) is 5.74. The number of anilines is 1. The highest BCUT2D eigenvalue weighted by atomic mass is 16.5. The van der Waals surface area contributed by atoms with E-state index in [9.17, 15) is 4.79 Å². The van der Waals surface area contributed by atoms with Crippen LogP contribution >= 0.6 is 0 Å². The standard InChI is InChI=1S/C26H39N5O3/c1-20(2)17-30-13-14-34-26-21(18-30)7-6-8-24(26)28-16-25(32)31(12-11-29(3)4)19-22-15-23(33-5)9-10-27-22/h6-10,15,20,28H,11-14,16-19H2,1-5H3. The summed E-state index contributed by atoms with van der Waals surface area (Å²) in [6.07, 6.45) is 1.71. The predicted octanol–water partition coefficient (Wildman–Crippen LogP) is 2.94. The summed E-state index contributed by atoms with van der Waals surface area (Å²) in [5.41, 5.74) is 2.82. The van der Waals surface area contributed by atoms with Crippen molar-refractivity contribution in [3.05, 3.63) is 47.8 Å². The van der Waals surface area contributed by atoms with Gasteiger partial charge in [0.05, 0.1) is 31.6 Å². The molecular formula is C26H39N5O3. The SMILES string of the molecule is COc1ccnc(CN(CCN(C)C)C(=O)CNc2cccc3c2OCCN(CC(C)C)C3)c1. The fourth-order valence-corrected chi connectivity index (χ4v) is 4.05. The van der Waals surface area contributed by atoms with Crippen molar-refractivity contribution in [2.24, 2.45) is 5.92 Å². The lowest BCUT2D eigenvalue weighted by Gasteiger charge is -2.25. The molecule has 1 amide bonds. The number of rotatable bonds is 11. The van der Waals surface area contributed by atoms with Crippen molar-refractivity contribution in [2.75, 3.05) is 65.9 Å². The van der Waals surface area contributed by atoms with Crippen LogP contribution in [0.3, 0.4) is 0 Å². The van der Waals surface area contributed by atoms with Crippen LogP contribution in [-0.4, -0.2) is 86.1 Å². The number of pyridine rings is 1. The van der Waals surface area contributed by atoms with E-state index in [4.69, 9.17) is 9.47 Å². The zero-order valence-electron chi connectivity index (χ0n) is 21.2. The molecule has 0 atom stereocenters. The van der Waals surface area contributed by atoms with Gasteiger partial charge in [-0.2, -0.15) is 0 Å². The number of carbonyl (C=O) groups excluding carboxylic acids is 1. The Hall–Kier alpha value is -2.84. The van der Waals surface area contributed by atoms with Crippen molar-refractivity contribution in [1.29, 1.82) is 0 Å². The lowest BCUT2D eigenvalue weighted by Crippen LogP contribution is -2.39. The van der Waals surface area contributed by atoms with Crippen molar-refractivity contribution in [3.8, 4) is 11.5 Å². The molecule has 0 spiro atoms. The molecule has 0 fully saturated rings. The van der Waals surface area contributed by atoms with Crippen LogP contribution in [0.2, 0.25) is 0 Å². The molecule has 1 aliphatic heterocycles. The molecule has 8 heteroatoms. The Balaban J connectivity index is 1.69. The molecule has 1 N–H and O–H groups in total. The lowest BCUT2D eigenvalue weighted by atomic mass is 10.1. The summed E-state index contributed by atoms with van der Waals surface area (Å²) < 4.78 is 11.4. The first-order chi connectivity index (χ1) is 16.4. The first-order valence-electron chi connectivity index (χ1n) is 12.0. The van der Waals surface area contributed by atoms with Crippen molar-refractivity contribution in [2.45, 2.75) is 26.9 Å². The van der Waals surface area contributed by atoms with E-state index in [0.29, 0.717) is 25.6 Å². The number of nitrogens with one attached hydrogen (secondary N) is 1. The minimum absolute atomic E-state index is 0.0131. The predicted molar refractivity (Wildman–Crippen MR) is 135 cm³/mol. The summed E-state index contributed by atoms with van der Waals surface area (Å²) in [4.78, 5) is 24.0. The third kappa shape index (κ3) is 7.60. The molecule has 0 radical (unpaired) electrons. The number of fused-ring (bicyclic) bond motifs is 1. The summed E-state index contributed by atoms with van der Waals surface area (Å²) in [7, 11) is 5.64. The van der Waals surface area contributed by atoms with Gasteiger partial charge < -0.3 is 24.6 Å². The van der Waals surface area contributed by atoms with Crippen LogP contribution in [0, 0.1) is 5.92 Å². The molecule has 1 aromatic carbocycles. The zero-order chi connectivity index (χ0) is 24.5. The van der Waals surface area contributed by atoms with Crippen LogP contribution in [0.4, 0.5) is 5.69 Å². The van der Waals surface area contributed by atoms with Crippen LogP contribution in [0.15, 0.2) is 36.5 Å². The second-order valence-corrected chi connectivity index (χ2v) is 9.43. The molecule has 2 heterocycles. The summed E-state index contributed by atoms with van der Waals surface area (Å²) in [6, 6.07) is 9.80. The molecule has 1 aliphatic rings. The molecule has 0 aliphatic carbocycles. The minimum atomic E-state index is 0.0131. The maximum atomic E-state index is 13.2. The van der Waals surface area contributed by atoms with Gasteiger partial charge in [0.15, 0.2) is 0 Å². The molecule has 2 aromatic rings. The van der Waals surface area contributed by atoms with Gasteiger partial charge in [-0.05, 0) is 32.1 Å². The van der Waals surface area contributed by atoms with E-state index in [1.165, 1.54) is 0 Å². The number of nitrogens with zero attached hydrogens (tertiary/aromatic N) is 4. The minimum Gasteiger partial charge on any atom is -0.497 e. The smallest absolute Gasteiger partial charge is 0.242 e. The van der Waals surface area contributed by atoms with Gasteiger partial charge in [-0.25, -0.2) is 0 Å². The number of hydrogen-bond acceptors (Lipinski definition) is 7. The Morgan fingerprint density at radius 2 is 2.09 bits per heavy atom. The van der Waals surface area contributed by atoms with Gasteiger partial charge in [-0.15, -0.1) is 0 Å². The molecule has 0 unspecified atom stereocenters. The quantitative estimate of drug-likeness (QED) is 0.543. The molecule has 8 nitrogen and oxygen atoms in total. The van der Waals surface area contributed by atoms with E-state index in [1.54, 1.807) is 19.4 Å². The highest BCUT2D eigenvalue weighted by molar-refractivity contribution is 5.81. The van der Waals surface area contributed by atoms with Crippen molar-refractivity contribution in [3.63, 3.8) is 0 Å². The topological polar surface area (TPSA) is 70.2 Å². The van der Waals surface area contributed by atoms with E-state index in [1.807, 2.05) is 37.2 Å². The van der Waals surface area contributed by atoms with E-state index in [2.05, 4.69) is 40.0 Å². The van der Waals surface area contributed by atoms with Gasteiger partial charge in [-0.1, -0.05) is 26.0 Å². The second-order valence-electron chi connectivity index (χ2n) is 9.43. The van der Waals surface area contributed by atoms with Crippen molar-refractivity contribution < 1.29 is 14.3 Å². The first-order valence-corrected chi connectivity index (χ1v) is 12.0. The fraction of sp³-hybridized carbons (Fsp3) is 0.538. The normalized spacial score (nSPS) is 13.9. The highest BCUT2D eigenvalue weighted by Gasteiger charge is 2.20. The molecule has 0 bridgehead atoms. The molecule has 0 saturated heterocycles. The monoisotopic (exact) mass is 469 g/mol. The Morgan fingerprint density at radius 3 is 2.82 bits per heavy atom. The van der Waals surface area contributed by atoms with Crippen molar-refractivity contribution in [1.82, 2.24) is 19.7 Å². The van der Waals surface area contributed by atoms with Crippen LogP contribution in [0.25, 0.3) is 0 Å². The van der Waals surface area contributed by atoms with Gasteiger partial charge >= 0.3 is 0 Å². The first kappa shape index (κ1) is 25.8. The summed E-state index contributed by atoms with van der Waals surface area (Å²) in [6.45, 7) is 9.90. The number of methoxy groups -OCH3 is 1. The number of para-hydroxylation sites is 1. The average Bonchev–Trinajstić information content (AvgIpc) is 3.01. The number of ether oxygens (including phenoxy) is 2. The van der Waals surface area contributed by atoms with Crippen LogP contribution in [0.5, 0.6) is 11.5 Å². The van der Waals surface area contributed by atoms with E-state index in [-0.39, 0.29) is 12.5 Å². The summed E-state index contributed by atoms with van der Waals surface area (Å²) in [5, 5.41) is 3.34. The molecular weight excluding hydrogens is 430 g/mol. The van der Waals surface area contributed by atoms with Gasteiger partial charge in [-0.3, -0.25) is 14.7 Å². The Morgan fingerprint density at radius 1 is 1.26 bits per heavy atom. The van der Waals surface area contributed by atoms with Crippen LogP contribution in [-0.2, 0) is 17.9 Å². The molecule has 186 valence electrons. The zero-order valence-corrected chi connectivity index (χ0v) is 21.2. The number of amides is 1. The van der Waals surface area contributed by atoms with Crippen LogP contribution < -0.4 is 14.8 Å². The number of benzene rings is 1. The van der Waals surface area contributed by atoms with Gasteiger partial charge in [0.2, 0.25) is 5.91 Å². The third-order valence-corrected chi connectivity index (χ3v) is 5.74. The van der Waals surface area contributed by atoms with Gasteiger partial charge in [0.25, 0.3) is 0 Å². The van der Waals surface area contributed by atoms with E-state index >= 15 is 0 Å². The number of likely N-dealkylation sites (N-methyl/N-ethyl adjacent to an activating group) is 1. The summed E-state index contributed by atoms with van der Waals surface area (Å²) in [5.74, 6) is 2.21. The van der Waals surface area contributed by atoms with Crippen LogP contribution in [0.1, 0.15) is 25.1 Å². The maximum Gasteiger partial charge on any atom is 0.242 e.